The largest absolute Gasteiger partial charge is 0.468 e. The molecule has 12 rings (SSSR count). The van der Waals surface area contributed by atoms with Crippen molar-refractivity contribution < 1.29 is 42.1 Å². The molecule has 19 nitrogen and oxygen atoms in total. The summed E-state index contributed by atoms with van der Waals surface area (Å²) in [7, 11) is 5.41. The number of aromatic nitrogens is 5. The van der Waals surface area contributed by atoms with Gasteiger partial charge in [0.05, 0.1) is 28.5 Å². The Balaban J connectivity index is 0.682. The summed E-state index contributed by atoms with van der Waals surface area (Å²) in [6, 6.07) is 11.8. The first kappa shape index (κ1) is 58.4. The number of carbonyl (C=O) groups is 3. The van der Waals surface area contributed by atoms with Crippen LogP contribution in [0.15, 0.2) is 53.5 Å². The van der Waals surface area contributed by atoms with E-state index in [0.717, 1.165) is 89.0 Å². The minimum atomic E-state index is -0.700. The second-order valence-corrected chi connectivity index (χ2v) is 25.8. The molecule has 0 spiro atoms. The number of likely N-dealkylation sites (tertiary alicyclic amines) is 2. The van der Waals surface area contributed by atoms with Crippen LogP contribution in [0.2, 0.25) is 0 Å². The fourth-order valence-corrected chi connectivity index (χ4v) is 14.7. The van der Waals surface area contributed by atoms with Gasteiger partial charge in [0.1, 0.15) is 46.8 Å². The molecule has 6 aliphatic heterocycles. The number of amides is 3. The first-order chi connectivity index (χ1) is 40.9. The van der Waals surface area contributed by atoms with Gasteiger partial charge < -0.3 is 33.6 Å². The minimum Gasteiger partial charge on any atom is -0.468 e. The maximum Gasteiger partial charge on any atom is 0.410 e. The lowest BCUT2D eigenvalue weighted by molar-refractivity contribution is -0.135. The summed E-state index contributed by atoms with van der Waals surface area (Å²) in [6.45, 7) is 14.9. The van der Waals surface area contributed by atoms with Crippen LogP contribution >= 0.6 is 0 Å². The second kappa shape index (κ2) is 24.1. The number of piperazine rings is 1. The third-order valence-corrected chi connectivity index (χ3v) is 19.1. The van der Waals surface area contributed by atoms with Crippen molar-refractivity contribution in [3.8, 4) is 23.0 Å². The lowest BCUT2D eigenvalue weighted by Gasteiger charge is -2.42. The summed E-state index contributed by atoms with van der Waals surface area (Å²) in [5.41, 5.74) is 2.52. The lowest BCUT2D eigenvalue weighted by Crippen LogP contribution is -2.57. The van der Waals surface area contributed by atoms with Gasteiger partial charge in [0.15, 0.2) is 12.6 Å². The molecule has 5 atom stereocenters. The van der Waals surface area contributed by atoms with Gasteiger partial charge in [-0.25, -0.2) is 18.4 Å². The van der Waals surface area contributed by atoms with Gasteiger partial charge in [-0.1, -0.05) is 19.4 Å². The molecule has 3 aromatic heterocycles. The molecule has 6 saturated heterocycles. The number of fused-ring (bicyclic) bond motifs is 5. The van der Waals surface area contributed by atoms with Crippen molar-refractivity contribution in [1.82, 2.24) is 44.1 Å². The number of piperidine rings is 3. The van der Waals surface area contributed by atoms with Gasteiger partial charge in [-0.3, -0.25) is 38.8 Å². The predicted molar refractivity (Wildman–Crippen MR) is 321 cm³/mol. The molecule has 6 aliphatic rings. The molecule has 0 saturated carbocycles. The lowest BCUT2D eigenvalue weighted by atomic mass is 9.87. The standard InChI is InChI=1S/C64H81F2N11O8/c1-8-47-50(65)15-11-41-28-46(84-37-82-7)30-48(55(41)47)57-56(66)58-49(31-67-57)59(75-34-43-12-13-44(35-75)76(43)63(81)85-64(2,3)4)70-61(69-58)83-36-45-27-40(32-71(45)5)10-9-38-19-23-73(24-20-38)33-39-21-25-74(26-22-39)42-14-16-51-53(29-42)72(6)62(80)77(51)52-17-18-54(78)68-60(52)79/h11,14-16,28-31,38-40,43-45,52H,8-10,12-13,17-27,32-37H2,1-7H3,(H,68,78,79)/t40-,43?,44?,45+,52?/m1/s1. The van der Waals surface area contributed by atoms with Gasteiger partial charge in [0.2, 0.25) is 11.8 Å². The number of imide groups is 1. The van der Waals surface area contributed by atoms with E-state index in [-0.39, 0.29) is 66.3 Å². The van der Waals surface area contributed by atoms with E-state index < -0.39 is 29.2 Å². The molecular weight excluding hydrogens is 1090 g/mol. The van der Waals surface area contributed by atoms with Gasteiger partial charge in [0.25, 0.3) is 0 Å². The number of likely N-dealkylation sites (N-methyl/N-ethyl adjacent to an activating group) is 1. The number of rotatable bonds is 16. The van der Waals surface area contributed by atoms with E-state index in [4.69, 9.17) is 33.9 Å². The Labute approximate surface area is 494 Å². The summed E-state index contributed by atoms with van der Waals surface area (Å²) in [5, 5.41) is 4.02. The maximum atomic E-state index is 17.7. The van der Waals surface area contributed by atoms with Crippen LogP contribution in [0, 0.1) is 29.4 Å². The average molecular weight is 1170 g/mol. The number of ether oxygens (including phenoxy) is 4. The Morgan fingerprint density at radius 3 is 2.27 bits per heavy atom. The van der Waals surface area contributed by atoms with E-state index in [9.17, 15) is 19.2 Å². The molecule has 6 fully saturated rings. The maximum absolute atomic E-state index is 17.7. The number of aryl methyl sites for hydroxylation is 2. The molecule has 3 amide bonds. The summed E-state index contributed by atoms with van der Waals surface area (Å²) < 4.78 is 59.9. The van der Waals surface area contributed by atoms with E-state index >= 15 is 8.78 Å². The topological polar surface area (TPSA) is 182 Å². The monoisotopic (exact) mass is 1170 g/mol. The first-order valence-corrected chi connectivity index (χ1v) is 30.8. The van der Waals surface area contributed by atoms with Crippen LogP contribution in [0.1, 0.15) is 110 Å². The number of nitrogens with zero attached hydrogens (tertiary/aromatic N) is 10. The van der Waals surface area contributed by atoms with E-state index in [0.29, 0.717) is 94.7 Å². The second-order valence-electron chi connectivity index (χ2n) is 25.8. The normalized spacial score (nSPS) is 23.0. The van der Waals surface area contributed by atoms with E-state index in [1.165, 1.54) is 37.0 Å². The first-order valence-electron chi connectivity index (χ1n) is 30.8. The van der Waals surface area contributed by atoms with Crippen LogP contribution in [0.25, 0.3) is 44.0 Å². The zero-order valence-electron chi connectivity index (χ0n) is 50.2. The van der Waals surface area contributed by atoms with Crippen molar-refractivity contribution >= 4 is 62.1 Å². The van der Waals surface area contributed by atoms with Crippen molar-refractivity contribution in [2.75, 3.05) is 89.7 Å². The fourth-order valence-electron chi connectivity index (χ4n) is 14.7. The van der Waals surface area contributed by atoms with Crippen molar-refractivity contribution in [3.63, 3.8) is 0 Å². The van der Waals surface area contributed by atoms with Crippen LogP contribution in [-0.4, -0.2) is 160 Å². The Morgan fingerprint density at radius 2 is 1.55 bits per heavy atom. The molecule has 0 radical (unpaired) electrons. The Morgan fingerprint density at radius 1 is 0.812 bits per heavy atom. The van der Waals surface area contributed by atoms with Crippen molar-refractivity contribution in [2.45, 2.75) is 135 Å². The summed E-state index contributed by atoms with van der Waals surface area (Å²) >= 11 is 0. The molecule has 21 heteroatoms. The van der Waals surface area contributed by atoms with Crippen molar-refractivity contribution in [2.24, 2.45) is 24.8 Å². The van der Waals surface area contributed by atoms with Gasteiger partial charge >= 0.3 is 17.8 Å². The van der Waals surface area contributed by atoms with Crippen LogP contribution in [0.5, 0.6) is 11.8 Å². The predicted octanol–water partition coefficient (Wildman–Crippen LogP) is 9.00. The summed E-state index contributed by atoms with van der Waals surface area (Å²) in [5.74, 6) is 0.945. The Bertz CT molecular complexity index is 3560. The van der Waals surface area contributed by atoms with Crippen LogP contribution in [0.3, 0.4) is 0 Å². The Kier molecular flexibility index (Phi) is 16.5. The fraction of sp³-hybridized carbons (Fsp3) is 0.578. The molecule has 9 heterocycles. The molecule has 1 N–H and O–H groups in total. The average Bonchev–Trinajstić information content (AvgIpc) is 2.12. The highest BCUT2D eigenvalue weighted by atomic mass is 19.1. The number of anilines is 2. The third-order valence-electron chi connectivity index (χ3n) is 19.1. The highest BCUT2D eigenvalue weighted by Crippen LogP contribution is 2.42. The van der Waals surface area contributed by atoms with Gasteiger partial charge in [-0.2, -0.15) is 9.97 Å². The minimum absolute atomic E-state index is 0.00128. The zero-order chi connectivity index (χ0) is 59.4. The highest BCUT2D eigenvalue weighted by molar-refractivity contribution is 6.02. The number of carbonyl (C=O) groups excluding carboxylic acids is 3. The summed E-state index contributed by atoms with van der Waals surface area (Å²) in [4.78, 5) is 77.5. The van der Waals surface area contributed by atoms with Crippen LogP contribution in [-0.2, 0) is 32.5 Å². The number of pyridine rings is 1. The smallest absolute Gasteiger partial charge is 0.410 e. The molecule has 6 aromatic rings. The van der Waals surface area contributed by atoms with Crippen LogP contribution in [0.4, 0.5) is 25.1 Å². The van der Waals surface area contributed by atoms with Gasteiger partial charge in [-0.05, 0) is 176 Å². The molecule has 0 aliphatic carbocycles. The van der Waals surface area contributed by atoms with E-state index in [2.05, 4.69) is 44.1 Å². The molecule has 85 heavy (non-hydrogen) atoms. The summed E-state index contributed by atoms with van der Waals surface area (Å²) in [6.07, 6.45) is 11.7. The number of hydrogen-bond acceptors (Lipinski definition) is 15. The highest BCUT2D eigenvalue weighted by Gasteiger charge is 2.45. The molecule has 3 unspecified atom stereocenters. The number of halogens is 2. The molecule has 2 bridgehead atoms. The number of methoxy groups -OCH3 is 1. The molecular formula is C64H81F2N11O8. The van der Waals surface area contributed by atoms with Gasteiger partial charge in [-0.15, -0.1) is 0 Å². The van der Waals surface area contributed by atoms with E-state index in [1.807, 2.05) is 38.7 Å². The molecule has 3 aromatic carbocycles. The number of benzene rings is 3. The number of imidazole rings is 1. The van der Waals surface area contributed by atoms with Crippen molar-refractivity contribution in [1.29, 1.82) is 0 Å². The Hall–Kier alpha value is -6.97. The van der Waals surface area contributed by atoms with Gasteiger partial charge in [0, 0.05) is 83.3 Å². The number of hydrogen-bond donors (Lipinski definition) is 1. The quantitative estimate of drug-likeness (QED) is 0.0716. The van der Waals surface area contributed by atoms with E-state index in [1.54, 1.807) is 36.0 Å². The zero-order valence-corrected chi connectivity index (χ0v) is 50.2. The third kappa shape index (κ3) is 11.9. The van der Waals surface area contributed by atoms with Crippen LogP contribution < -0.4 is 30.3 Å². The van der Waals surface area contributed by atoms with Crippen molar-refractivity contribution in [3.05, 3.63) is 76.3 Å². The molecule has 454 valence electrons. The number of nitrogens with one attached hydrogen (secondary N) is 1. The SMILES string of the molecule is CCc1c(F)ccc2cc(OCOC)cc(-c3ncc4c(N5CC6CCC(C5)N6C(=O)OC(C)(C)C)nc(OC[C@@H]5C[C@@H](CCC6CCN(CC7CCN(c8ccc9c(c8)n(C)c(=O)n9C8CCC(=O)NC8=O)CC7)CC6)CN5C)nc4c3F)c12.